The van der Waals surface area contributed by atoms with Crippen LogP contribution in [0.2, 0.25) is 5.02 Å². The molecule has 0 saturated heterocycles. The molecule has 15 heavy (non-hydrogen) atoms. The number of hydrogen-bond acceptors (Lipinski definition) is 1. The Kier molecular flexibility index (Phi) is 3.32. The highest BCUT2D eigenvalue weighted by Gasteiger charge is 2.30. The summed E-state index contributed by atoms with van der Waals surface area (Å²) in [5.41, 5.74) is 0.998. The van der Waals surface area contributed by atoms with Gasteiger partial charge in [0.05, 0.1) is 6.10 Å². The number of halogens is 1. The van der Waals surface area contributed by atoms with E-state index in [1.807, 2.05) is 24.3 Å². The average Bonchev–Trinajstić information content (AvgIpc) is 2.65. The summed E-state index contributed by atoms with van der Waals surface area (Å²) in [4.78, 5) is 0. The summed E-state index contributed by atoms with van der Waals surface area (Å²) in [6, 6.07) is 7.55. The molecule has 1 aliphatic rings. The molecule has 82 valence electrons. The Morgan fingerprint density at radius 1 is 1.27 bits per heavy atom. The first-order chi connectivity index (χ1) is 7.18. The van der Waals surface area contributed by atoms with Gasteiger partial charge >= 0.3 is 0 Å². The molecule has 0 spiro atoms. The van der Waals surface area contributed by atoms with Crippen LogP contribution >= 0.6 is 11.6 Å². The van der Waals surface area contributed by atoms with E-state index in [4.69, 9.17) is 11.6 Å². The summed E-state index contributed by atoms with van der Waals surface area (Å²) in [5, 5.41) is 11.0. The standard InChI is InChI=1S/C13H17ClO/c1-9-3-2-4-12(9)13(15)10-5-7-11(14)8-6-10/h5-9,12-13,15H,2-4H2,1H3. The van der Waals surface area contributed by atoms with Crippen LogP contribution in [0.1, 0.15) is 37.9 Å². The van der Waals surface area contributed by atoms with Crippen LogP contribution in [-0.4, -0.2) is 5.11 Å². The highest BCUT2D eigenvalue weighted by Crippen LogP contribution is 2.39. The first kappa shape index (κ1) is 11.0. The van der Waals surface area contributed by atoms with Crippen LogP contribution in [0.4, 0.5) is 0 Å². The first-order valence-corrected chi connectivity index (χ1v) is 6.00. The molecule has 1 nitrogen and oxygen atoms in total. The summed E-state index contributed by atoms with van der Waals surface area (Å²) >= 11 is 5.82. The second kappa shape index (κ2) is 4.54. The molecule has 1 aromatic carbocycles. The van der Waals surface area contributed by atoms with Crippen LogP contribution in [0.5, 0.6) is 0 Å². The van der Waals surface area contributed by atoms with E-state index < -0.39 is 0 Å². The number of aliphatic hydroxyl groups is 1. The lowest BCUT2D eigenvalue weighted by Gasteiger charge is -2.22. The summed E-state index contributed by atoms with van der Waals surface area (Å²) in [5.74, 6) is 1.06. The molecule has 2 heteroatoms. The number of hydrogen-bond donors (Lipinski definition) is 1. The van der Waals surface area contributed by atoms with Crippen molar-refractivity contribution in [2.45, 2.75) is 32.3 Å². The molecule has 0 bridgehead atoms. The first-order valence-electron chi connectivity index (χ1n) is 5.62. The van der Waals surface area contributed by atoms with Crippen molar-refractivity contribution in [3.05, 3.63) is 34.9 Å². The topological polar surface area (TPSA) is 20.2 Å². The molecule has 0 amide bonds. The third-order valence-corrected chi connectivity index (χ3v) is 3.80. The lowest BCUT2D eigenvalue weighted by Crippen LogP contribution is -2.14. The van der Waals surface area contributed by atoms with E-state index in [1.165, 1.54) is 12.8 Å². The normalized spacial score (nSPS) is 27.9. The van der Waals surface area contributed by atoms with Gasteiger partial charge in [0.15, 0.2) is 0 Å². The second-order valence-corrected chi connectivity index (χ2v) is 5.00. The Morgan fingerprint density at radius 3 is 2.47 bits per heavy atom. The third-order valence-electron chi connectivity index (χ3n) is 3.54. The lowest BCUT2D eigenvalue weighted by molar-refractivity contribution is 0.0900. The summed E-state index contributed by atoms with van der Waals surface area (Å²) in [6.45, 7) is 2.23. The number of benzene rings is 1. The third kappa shape index (κ3) is 2.35. The molecule has 1 fully saturated rings. The van der Waals surface area contributed by atoms with Gasteiger partial charge in [0.25, 0.3) is 0 Å². The van der Waals surface area contributed by atoms with E-state index in [0.29, 0.717) is 11.8 Å². The van der Waals surface area contributed by atoms with Crippen molar-refractivity contribution in [2.24, 2.45) is 11.8 Å². The predicted octanol–water partition coefficient (Wildman–Crippen LogP) is 3.81. The van der Waals surface area contributed by atoms with Crippen LogP contribution < -0.4 is 0 Å². The summed E-state index contributed by atoms with van der Waals surface area (Å²) in [7, 11) is 0. The maximum absolute atomic E-state index is 10.2. The maximum Gasteiger partial charge on any atom is 0.0820 e. The van der Waals surface area contributed by atoms with Gasteiger partial charge in [-0.1, -0.05) is 43.5 Å². The Hall–Kier alpha value is -0.530. The number of aliphatic hydroxyl groups excluding tert-OH is 1. The molecule has 1 N–H and O–H groups in total. The molecule has 0 aliphatic heterocycles. The summed E-state index contributed by atoms with van der Waals surface area (Å²) < 4.78 is 0. The van der Waals surface area contributed by atoms with Crippen molar-refractivity contribution in [3.8, 4) is 0 Å². The highest BCUT2D eigenvalue weighted by atomic mass is 35.5. The Morgan fingerprint density at radius 2 is 1.93 bits per heavy atom. The fourth-order valence-corrected chi connectivity index (χ4v) is 2.68. The van der Waals surface area contributed by atoms with Crippen molar-refractivity contribution < 1.29 is 5.11 Å². The van der Waals surface area contributed by atoms with Crippen molar-refractivity contribution in [1.29, 1.82) is 0 Å². The van der Waals surface area contributed by atoms with Crippen molar-refractivity contribution in [3.63, 3.8) is 0 Å². The minimum absolute atomic E-state index is 0.320. The van der Waals surface area contributed by atoms with E-state index in [9.17, 15) is 5.11 Å². The van der Waals surface area contributed by atoms with Gasteiger partial charge in [-0.05, 0) is 36.0 Å². The van der Waals surface area contributed by atoms with Crippen LogP contribution in [0.25, 0.3) is 0 Å². The quantitative estimate of drug-likeness (QED) is 0.810. The van der Waals surface area contributed by atoms with Gasteiger partial charge in [-0.25, -0.2) is 0 Å². The number of rotatable bonds is 2. The molecular formula is C13H17ClO. The highest BCUT2D eigenvalue weighted by molar-refractivity contribution is 6.30. The second-order valence-electron chi connectivity index (χ2n) is 4.57. The van der Waals surface area contributed by atoms with Crippen LogP contribution in [0.15, 0.2) is 24.3 Å². The Balaban J connectivity index is 2.13. The molecule has 3 unspecified atom stereocenters. The van der Waals surface area contributed by atoms with Gasteiger partial charge in [0.2, 0.25) is 0 Å². The van der Waals surface area contributed by atoms with Crippen LogP contribution in [-0.2, 0) is 0 Å². The lowest BCUT2D eigenvalue weighted by atomic mass is 9.88. The largest absolute Gasteiger partial charge is 0.388 e. The molecule has 0 radical (unpaired) electrons. The Bertz CT molecular complexity index is 320. The van der Waals surface area contributed by atoms with Gasteiger partial charge in [0.1, 0.15) is 0 Å². The fraction of sp³-hybridized carbons (Fsp3) is 0.538. The SMILES string of the molecule is CC1CCCC1C(O)c1ccc(Cl)cc1. The van der Waals surface area contributed by atoms with Crippen LogP contribution in [0.3, 0.4) is 0 Å². The van der Waals surface area contributed by atoms with Gasteiger partial charge < -0.3 is 5.11 Å². The minimum Gasteiger partial charge on any atom is -0.388 e. The van der Waals surface area contributed by atoms with Gasteiger partial charge in [-0.2, -0.15) is 0 Å². The molecule has 1 aromatic rings. The molecule has 1 saturated carbocycles. The van der Waals surface area contributed by atoms with Gasteiger partial charge in [-0.3, -0.25) is 0 Å². The van der Waals surface area contributed by atoms with E-state index in [0.717, 1.165) is 17.0 Å². The van der Waals surface area contributed by atoms with Crippen LogP contribution in [0, 0.1) is 11.8 Å². The predicted molar refractivity (Wildman–Crippen MR) is 62.9 cm³/mol. The van der Waals surface area contributed by atoms with E-state index >= 15 is 0 Å². The van der Waals surface area contributed by atoms with Gasteiger partial charge in [0, 0.05) is 5.02 Å². The minimum atomic E-state index is -0.320. The van der Waals surface area contributed by atoms with Crippen molar-refractivity contribution >= 4 is 11.6 Å². The van der Waals surface area contributed by atoms with E-state index in [-0.39, 0.29) is 6.10 Å². The average molecular weight is 225 g/mol. The Labute approximate surface area is 96.1 Å². The molecule has 2 rings (SSSR count). The molecule has 3 atom stereocenters. The molecule has 0 aromatic heterocycles. The molecule has 0 heterocycles. The van der Waals surface area contributed by atoms with Gasteiger partial charge in [-0.15, -0.1) is 0 Å². The molecule has 1 aliphatic carbocycles. The zero-order valence-corrected chi connectivity index (χ0v) is 9.74. The van der Waals surface area contributed by atoms with E-state index in [2.05, 4.69) is 6.92 Å². The maximum atomic E-state index is 10.2. The fourth-order valence-electron chi connectivity index (χ4n) is 2.55. The van der Waals surface area contributed by atoms with Crippen molar-refractivity contribution in [1.82, 2.24) is 0 Å². The smallest absolute Gasteiger partial charge is 0.0820 e. The monoisotopic (exact) mass is 224 g/mol. The zero-order valence-electron chi connectivity index (χ0n) is 8.99. The van der Waals surface area contributed by atoms with E-state index in [1.54, 1.807) is 0 Å². The van der Waals surface area contributed by atoms with Crippen molar-refractivity contribution in [2.75, 3.05) is 0 Å². The molecular weight excluding hydrogens is 208 g/mol. The summed E-state index contributed by atoms with van der Waals surface area (Å²) in [6.07, 6.45) is 3.32. The zero-order chi connectivity index (χ0) is 10.8.